The normalized spacial score (nSPS) is 26.0. The van der Waals surface area contributed by atoms with Gasteiger partial charge in [-0.3, -0.25) is 14.4 Å². The van der Waals surface area contributed by atoms with Gasteiger partial charge in [0.1, 0.15) is 30.9 Å². The van der Waals surface area contributed by atoms with Gasteiger partial charge in [-0.15, -0.1) is 22.9 Å². The van der Waals surface area contributed by atoms with E-state index in [0.717, 1.165) is 30.6 Å². The number of halogens is 2. The number of nitrogens with two attached hydrogens (primary N) is 1. The Morgan fingerprint density at radius 2 is 1.94 bits per heavy atom. The Kier molecular flexibility index (Phi) is 6.39. The number of carbonyl (C=O) groups is 3. The maximum Gasteiger partial charge on any atom is 0.259 e. The molecule has 5 rings (SSSR count). The van der Waals surface area contributed by atoms with Crippen molar-refractivity contribution in [3.8, 4) is 10.4 Å². The van der Waals surface area contributed by atoms with Gasteiger partial charge in [-0.05, 0) is 18.8 Å². The molecular formula is C23H24ClFN4O4S. The summed E-state index contributed by atoms with van der Waals surface area (Å²) in [6.45, 7) is 0.0235. The van der Waals surface area contributed by atoms with E-state index in [1.165, 1.54) is 23.6 Å². The van der Waals surface area contributed by atoms with Crippen molar-refractivity contribution in [2.45, 2.75) is 55.5 Å². The molecule has 2 aromatic rings. The lowest BCUT2D eigenvalue weighted by Gasteiger charge is -2.34. The second-order valence-electron chi connectivity index (χ2n) is 9.05. The molecule has 2 N–H and O–H groups in total. The maximum absolute atomic E-state index is 16.1. The van der Waals surface area contributed by atoms with Crippen LogP contribution in [0.15, 0.2) is 18.7 Å². The number of ether oxygens (including phenoxy) is 1. The molecule has 1 aliphatic carbocycles. The first-order valence-corrected chi connectivity index (χ1v) is 12.6. The molecular weight excluding hydrogens is 483 g/mol. The second kappa shape index (κ2) is 9.31. The minimum absolute atomic E-state index is 0.00689. The second-order valence-corrected chi connectivity index (χ2v) is 10.6. The van der Waals surface area contributed by atoms with Crippen LogP contribution in [0.2, 0.25) is 0 Å². The number of carbonyl (C=O) groups excluding carboxylic acids is 3. The fraction of sp³-hybridized carbons (Fsp3) is 0.522. The standard InChI is InChI=1S/C23H24ClFN4O4S/c24-13-8-29(18-14(30)9-33-19(13)18)23(32)15(11-4-2-1-3-5-11)16-17(25)20(34-21(16)22(26)31)12-6-27-10-28-7-12/h6-7,10-11,13,15,18-19H,1-5,8-9H2,(H2,26,31)/t13-,15-,18+,19+/m0/s1. The molecule has 2 aliphatic heterocycles. The molecule has 3 aliphatic rings. The smallest absolute Gasteiger partial charge is 0.259 e. The number of rotatable bonds is 5. The molecule has 8 nitrogen and oxygen atoms in total. The Balaban J connectivity index is 1.62. The van der Waals surface area contributed by atoms with Crippen molar-refractivity contribution in [3.05, 3.63) is 35.0 Å². The van der Waals surface area contributed by atoms with Crippen LogP contribution in [0.5, 0.6) is 0 Å². The number of thiophene rings is 1. The van der Waals surface area contributed by atoms with Crippen LogP contribution in [-0.4, -0.2) is 63.1 Å². The van der Waals surface area contributed by atoms with Gasteiger partial charge in [0.2, 0.25) is 5.91 Å². The maximum atomic E-state index is 16.1. The first kappa shape index (κ1) is 23.3. The fourth-order valence-electron chi connectivity index (χ4n) is 5.52. The van der Waals surface area contributed by atoms with Gasteiger partial charge >= 0.3 is 0 Å². The number of fused-ring (bicyclic) bond motifs is 1. The summed E-state index contributed by atoms with van der Waals surface area (Å²) < 4.78 is 21.6. The van der Waals surface area contributed by atoms with E-state index in [1.54, 1.807) is 0 Å². The SMILES string of the molecule is NC(=O)c1sc(-c2cncnc2)c(F)c1[C@@H](C(=O)N1C[C@H](Cl)[C@H]2OCC(=O)[C@H]21)C1CCCCC1. The Morgan fingerprint density at radius 3 is 2.62 bits per heavy atom. The summed E-state index contributed by atoms with van der Waals surface area (Å²) in [5.41, 5.74) is 6.09. The van der Waals surface area contributed by atoms with Crippen molar-refractivity contribution in [2.24, 2.45) is 11.7 Å². The zero-order valence-electron chi connectivity index (χ0n) is 18.3. The zero-order chi connectivity index (χ0) is 24.0. The molecule has 1 saturated carbocycles. The Morgan fingerprint density at radius 1 is 1.24 bits per heavy atom. The van der Waals surface area contributed by atoms with Crippen molar-refractivity contribution < 1.29 is 23.5 Å². The third kappa shape index (κ3) is 3.91. The monoisotopic (exact) mass is 506 g/mol. The van der Waals surface area contributed by atoms with Crippen molar-refractivity contribution in [3.63, 3.8) is 0 Å². The van der Waals surface area contributed by atoms with E-state index >= 15 is 4.39 Å². The zero-order valence-corrected chi connectivity index (χ0v) is 19.9. The minimum atomic E-state index is -0.951. The number of ketones is 1. The van der Waals surface area contributed by atoms with Gasteiger partial charge in [-0.1, -0.05) is 19.3 Å². The number of hydrogen-bond donors (Lipinski definition) is 1. The van der Waals surface area contributed by atoms with E-state index < -0.39 is 41.1 Å². The molecule has 2 aromatic heterocycles. The highest BCUT2D eigenvalue weighted by Gasteiger charge is 2.54. The summed E-state index contributed by atoms with van der Waals surface area (Å²) in [4.78, 5) is 48.6. The van der Waals surface area contributed by atoms with Crippen LogP contribution in [0.1, 0.15) is 53.3 Å². The van der Waals surface area contributed by atoms with Crippen LogP contribution < -0.4 is 5.73 Å². The third-order valence-electron chi connectivity index (χ3n) is 7.03. The first-order valence-electron chi connectivity index (χ1n) is 11.3. The molecule has 11 heteroatoms. The topological polar surface area (TPSA) is 115 Å². The van der Waals surface area contributed by atoms with Crippen LogP contribution in [0.25, 0.3) is 10.4 Å². The number of alkyl halides is 1. The lowest BCUT2D eigenvalue weighted by molar-refractivity contribution is -0.139. The number of likely N-dealkylation sites (tertiary alicyclic amines) is 1. The summed E-state index contributed by atoms with van der Waals surface area (Å²) in [5.74, 6) is -3.22. The highest BCUT2D eigenvalue weighted by atomic mass is 35.5. The highest BCUT2D eigenvalue weighted by Crippen LogP contribution is 2.46. The molecule has 0 spiro atoms. The Bertz CT molecular complexity index is 1120. The van der Waals surface area contributed by atoms with Crippen molar-refractivity contribution >= 4 is 40.5 Å². The summed E-state index contributed by atoms with van der Waals surface area (Å²) in [6, 6.07) is -0.790. The lowest BCUT2D eigenvalue weighted by Crippen LogP contribution is -2.46. The summed E-state index contributed by atoms with van der Waals surface area (Å²) >= 11 is 7.32. The highest BCUT2D eigenvalue weighted by molar-refractivity contribution is 7.17. The number of amides is 2. The van der Waals surface area contributed by atoms with Gasteiger partial charge in [0.05, 0.1) is 21.0 Å². The first-order chi connectivity index (χ1) is 16.4. The Hall–Kier alpha value is -2.43. The van der Waals surface area contributed by atoms with Crippen molar-refractivity contribution in [1.82, 2.24) is 14.9 Å². The van der Waals surface area contributed by atoms with E-state index in [0.29, 0.717) is 18.4 Å². The molecule has 2 saturated heterocycles. The average molecular weight is 507 g/mol. The summed E-state index contributed by atoms with van der Waals surface area (Å²) in [6.07, 6.45) is 7.90. The molecule has 2 amide bonds. The van der Waals surface area contributed by atoms with Gasteiger partial charge in [-0.25, -0.2) is 14.4 Å². The van der Waals surface area contributed by atoms with E-state index in [2.05, 4.69) is 9.97 Å². The number of hydrogen-bond acceptors (Lipinski definition) is 7. The molecule has 0 aromatic carbocycles. The molecule has 34 heavy (non-hydrogen) atoms. The van der Waals surface area contributed by atoms with Crippen LogP contribution in [0.4, 0.5) is 4.39 Å². The van der Waals surface area contributed by atoms with Gasteiger partial charge in [0.25, 0.3) is 5.91 Å². The molecule has 3 fully saturated rings. The quantitative estimate of drug-likeness (QED) is 0.623. The Labute approximate surface area is 204 Å². The largest absolute Gasteiger partial charge is 0.366 e. The molecule has 0 radical (unpaired) electrons. The number of aromatic nitrogens is 2. The van der Waals surface area contributed by atoms with Crippen LogP contribution in [0.3, 0.4) is 0 Å². The fourth-order valence-corrected chi connectivity index (χ4v) is 6.93. The van der Waals surface area contributed by atoms with Gasteiger partial charge in [0, 0.05) is 30.1 Å². The molecule has 180 valence electrons. The molecule has 4 heterocycles. The van der Waals surface area contributed by atoms with E-state index in [1.807, 2.05) is 0 Å². The predicted molar refractivity (Wildman–Crippen MR) is 123 cm³/mol. The minimum Gasteiger partial charge on any atom is -0.366 e. The predicted octanol–water partition coefficient (Wildman–Crippen LogP) is 2.89. The van der Waals surface area contributed by atoms with E-state index in [4.69, 9.17) is 22.1 Å². The number of Topliss-reactive ketones (excluding diaryl/α,β-unsaturated/α-hetero) is 1. The summed E-state index contributed by atoms with van der Waals surface area (Å²) in [5, 5.41) is -0.535. The van der Waals surface area contributed by atoms with Crippen molar-refractivity contribution in [2.75, 3.05) is 13.2 Å². The lowest BCUT2D eigenvalue weighted by atomic mass is 9.75. The van der Waals surface area contributed by atoms with E-state index in [9.17, 15) is 14.4 Å². The van der Waals surface area contributed by atoms with Crippen LogP contribution in [-0.2, 0) is 14.3 Å². The van der Waals surface area contributed by atoms with Crippen molar-refractivity contribution in [1.29, 1.82) is 0 Å². The molecule has 4 atom stereocenters. The average Bonchev–Trinajstić information content (AvgIpc) is 3.50. The molecule has 0 bridgehead atoms. The van der Waals surface area contributed by atoms with Gasteiger partial charge < -0.3 is 15.4 Å². The third-order valence-corrected chi connectivity index (χ3v) is 8.67. The van der Waals surface area contributed by atoms with Gasteiger partial charge in [-0.2, -0.15) is 0 Å². The number of nitrogens with zero attached hydrogens (tertiary/aromatic N) is 3. The van der Waals surface area contributed by atoms with Crippen LogP contribution in [0, 0.1) is 11.7 Å². The van der Waals surface area contributed by atoms with Gasteiger partial charge in [0.15, 0.2) is 5.78 Å². The van der Waals surface area contributed by atoms with Crippen LogP contribution >= 0.6 is 22.9 Å². The summed E-state index contributed by atoms with van der Waals surface area (Å²) in [7, 11) is 0. The van der Waals surface area contributed by atoms with E-state index in [-0.39, 0.29) is 40.2 Å². The molecule has 0 unspecified atom stereocenters. The number of primary amides is 1.